The second-order valence-corrected chi connectivity index (χ2v) is 3.98. The number of carbonyl (C=O) groups excluding carboxylic acids is 1. The maximum absolute atomic E-state index is 11.3. The van der Waals surface area contributed by atoms with E-state index in [1.54, 1.807) is 20.8 Å². The standard InChI is InChI=1S/C15H19NO3/c1-4-18-15(17)13(3)19-16-12(2)10-11-14-8-6-5-7-9-14/h5-11,13H,4H2,1-3H3/b11-10+,16-12+. The van der Waals surface area contributed by atoms with E-state index >= 15 is 0 Å². The van der Waals surface area contributed by atoms with Crippen LogP contribution in [0.4, 0.5) is 0 Å². The van der Waals surface area contributed by atoms with Crippen molar-refractivity contribution in [1.29, 1.82) is 0 Å². The molecule has 1 unspecified atom stereocenters. The molecule has 0 N–H and O–H groups in total. The smallest absolute Gasteiger partial charge is 0.349 e. The van der Waals surface area contributed by atoms with Crippen LogP contribution < -0.4 is 0 Å². The van der Waals surface area contributed by atoms with E-state index in [1.165, 1.54) is 0 Å². The molecule has 0 aliphatic carbocycles. The highest BCUT2D eigenvalue weighted by Gasteiger charge is 2.14. The van der Waals surface area contributed by atoms with Crippen molar-refractivity contribution < 1.29 is 14.4 Å². The van der Waals surface area contributed by atoms with Crippen LogP contribution in [0.3, 0.4) is 0 Å². The molecule has 0 aliphatic heterocycles. The van der Waals surface area contributed by atoms with Gasteiger partial charge in [0.2, 0.25) is 6.10 Å². The molecule has 4 heteroatoms. The predicted octanol–water partition coefficient (Wildman–Crippen LogP) is 3.04. The lowest BCUT2D eigenvalue weighted by Gasteiger charge is -2.08. The minimum absolute atomic E-state index is 0.336. The van der Waals surface area contributed by atoms with E-state index < -0.39 is 12.1 Å². The van der Waals surface area contributed by atoms with E-state index in [0.717, 1.165) is 5.56 Å². The van der Waals surface area contributed by atoms with Gasteiger partial charge in [0.05, 0.1) is 12.3 Å². The molecule has 0 heterocycles. The summed E-state index contributed by atoms with van der Waals surface area (Å²) in [5, 5.41) is 3.87. The summed E-state index contributed by atoms with van der Waals surface area (Å²) in [6.45, 7) is 5.50. The van der Waals surface area contributed by atoms with Gasteiger partial charge in [-0.25, -0.2) is 4.79 Å². The first kappa shape index (κ1) is 15.0. The average molecular weight is 261 g/mol. The van der Waals surface area contributed by atoms with E-state index in [9.17, 15) is 4.79 Å². The molecule has 1 aromatic rings. The second-order valence-electron chi connectivity index (χ2n) is 3.98. The van der Waals surface area contributed by atoms with Crippen molar-refractivity contribution in [2.45, 2.75) is 26.9 Å². The normalized spacial score (nSPS) is 13.3. The zero-order chi connectivity index (χ0) is 14.1. The number of oxime groups is 1. The highest BCUT2D eigenvalue weighted by atomic mass is 16.7. The van der Waals surface area contributed by atoms with E-state index in [-0.39, 0.29) is 0 Å². The first-order valence-electron chi connectivity index (χ1n) is 6.23. The third kappa shape index (κ3) is 5.86. The van der Waals surface area contributed by atoms with Gasteiger partial charge in [-0.05, 0) is 32.4 Å². The van der Waals surface area contributed by atoms with Crippen molar-refractivity contribution in [3.05, 3.63) is 42.0 Å². The number of rotatable bonds is 6. The van der Waals surface area contributed by atoms with Gasteiger partial charge in [-0.2, -0.15) is 0 Å². The highest BCUT2D eigenvalue weighted by Crippen LogP contribution is 2.02. The second kappa shape index (κ2) is 8.08. The van der Waals surface area contributed by atoms with Gasteiger partial charge in [0, 0.05) is 0 Å². The Morgan fingerprint density at radius 2 is 2.05 bits per heavy atom. The average Bonchev–Trinajstić information content (AvgIpc) is 2.43. The van der Waals surface area contributed by atoms with Crippen molar-refractivity contribution >= 4 is 17.8 Å². The molecule has 0 aliphatic rings. The summed E-state index contributed by atoms with van der Waals surface area (Å²) in [5.74, 6) is -0.411. The molecule has 1 rings (SSSR count). The number of ether oxygens (including phenoxy) is 1. The molecule has 0 radical (unpaired) electrons. The maximum Gasteiger partial charge on any atom is 0.349 e. The van der Waals surface area contributed by atoms with E-state index in [0.29, 0.717) is 12.3 Å². The topological polar surface area (TPSA) is 47.9 Å². The summed E-state index contributed by atoms with van der Waals surface area (Å²) in [7, 11) is 0. The summed E-state index contributed by atoms with van der Waals surface area (Å²) in [6.07, 6.45) is 3.06. The quantitative estimate of drug-likeness (QED) is 0.449. The predicted molar refractivity (Wildman–Crippen MR) is 75.8 cm³/mol. The molecule has 1 aromatic carbocycles. The van der Waals surface area contributed by atoms with Gasteiger partial charge >= 0.3 is 5.97 Å². The molecule has 0 bridgehead atoms. The van der Waals surface area contributed by atoms with Gasteiger partial charge < -0.3 is 9.57 Å². The third-order valence-corrected chi connectivity index (χ3v) is 2.29. The van der Waals surface area contributed by atoms with Crippen molar-refractivity contribution in [3.8, 4) is 0 Å². The lowest BCUT2D eigenvalue weighted by molar-refractivity contribution is -0.155. The first-order chi connectivity index (χ1) is 9.13. The fourth-order valence-corrected chi connectivity index (χ4v) is 1.28. The van der Waals surface area contributed by atoms with Crippen LogP contribution in [0.5, 0.6) is 0 Å². The number of hydrogen-bond donors (Lipinski definition) is 0. The Hall–Kier alpha value is -2.10. The summed E-state index contributed by atoms with van der Waals surface area (Å²) in [4.78, 5) is 16.4. The highest BCUT2D eigenvalue weighted by molar-refractivity contribution is 5.96. The van der Waals surface area contributed by atoms with Crippen LogP contribution in [0.2, 0.25) is 0 Å². The first-order valence-corrected chi connectivity index (χ1v) is 6.23. The van der Waals surface area contributed by atoms with Crippen LogP contribution in [0.25, 0.3) is 6.08 Å². The van der Waals surface area contributed by atoms with Crippen molar-refractivity contribution in [2.75, 3.05) is 6.61 Å². The van der Waals surface area contributed by atoms with Crippen LogP contribution in [0, 0.1) is 0 Å². The number of esters is 1. The fraction of sp³-hybridized carbons (Fsp3) is 0.333. The van der Waals surface area contributed by atoms with Crippen LogP contribution in [-0.4, -0.2) is 24.4 Å². The van der Waals surface area contributed by atoms with Crippen LogP contribution in [0.1, 0.15) is 26.3 Å². The van der Waals surface area contributed by atoms with Gasteiger partial charge in [-0.15, -0.1) is 0 Å². The number of nitrogens with zero attached hydrogens (tertiary/aromatic N) is 1. The molecule has 19 heavy (non-hydrogen) atoms. The lowest BCUT2D eigenvalue weighted by atomic mass is 10.2. The van der Waals surface area contributed by atoms with E-state index in [4.69, 9.17) is 9.57 Å². The third-order valence-electron chi connectivity index (χ3n) is 2.29. The summed E-state index contributed by atoms with van der Waals surface area (Å²) >= 11 is 0. The zero-order valence-electron chi connectivity index (χ0n) is 11.5. The molecule has 0 fully saturated rings. The number of carbonyl (C=O) groups is 1. The van der Waals surface area contributed by atoms with Gasteiger partial charge in [0.25, 0.3) is 0 Å². The Labute approximate surface area is 113 Å². The summed E-state index contributed by atoms with van der Waals surface area (Å²) in [5.41, 5.74) is 1.76. The SMILES string of the molecule is CCOC(=O)C(C)O/N=C(C)/C=C/c1ccccc1. The van der Waals surface area contributed by atoms with E-state index in [2.05, 4.69) is 5.16 Å². The van der Waals surface area contributed by atoms with Crippen molar-refractivity contribution in [2.24, 2.45) is 5.16 Å². The fourth-order valence-electron chi connectivity index (χ4n) is 1.28. The van der Waals surface area contributed by atoms with Gasteiger partial charge in [0.15, 0.2) is 0 Å². The Morgan fingerprint density at radius 3 is 2.68 bits per heavy atom. The van der Waals surface area contributed by atoms with Gasteiger partial charge in [-0.3, -0.25) is 0 Å². The largest absolute Gasteiger partial charge is 0.463 e. The summed E-state index contributed by atoms with van der Waals surface area (Å²) in [6, 6.07) is 9.87. The number of benzene rings is 1. The monoisotopic (exact) mass is 261 g/mol. The Morgan fingerprint density at radius 1 is 1.37 bits per heavy atom. The Bertz CT molecular complexity index is 452. The van der Waals surface area contributed by atoms with Crippen LogP contribution >= 0.6 is 0 Å². The Kier molecular flexibility index (Phi) is 6.36. The Balaban J connectivity index is 2.49. The van der Waals surface area contributed by atoms with Crippen molar-refractivity contribution in [1.82, 2.24) is 0 Å². The molecule has 102 valence electrons. The molecule has 0 spiro atoms. The molecular weight excluding hydrogens is 242 g/mol. The molecule has 1 atom stereocenters. The van der Waals surface area contributed by atoms with Crippen LogP contribution in [0.15, 0.2) is 41.6 Å². The van der Waals surface area contributed by atoms with Crippen LogP contribution in [-0.2, 0) is 14.4 Å². The van der Waals surface area contributed by atoms with Gasteiger partial charge in [0.1, 0.15) is 0 Å². The molecule has 0 aromatic heterocycles. The van der Waals surface area contributed by atoms with E-state index in [1.807, 2.05) is 42.5 Å². The number of hydrogen-bond acceptors (Lipinski definition) is 4. The molecule has 4 nitrogen and oxygen atoms in total. The molecule has 0 saturated carbocycles. The molecular formula is C15H19NO3. The van der Waals surface area contributed by atoms with Crippen molar-refractivity contribution in [3.63, 3.8) is 0 Å². The zero-order valence-corrected chi connectivity index (χ0v) is 11.5. The lowest BCUT2D eigenvalue weighted by Crippen LogP contribution is -2.21. The summed E-state index contributed by atoms with van der Waals surface area (Å²) < 4.78 is 4.81. The molecule has 0 saturated heterocycles. The van der Waals surface area contributed by atoms with Gasteiger partial charge in [-0.1, -0.05) is 41.6 Å². The minimum atomic E-state index is -0.694. The minimum Gasteiger partial charge on any atom is -0.463 e. The maximum atomic E-state index is 11.3. The number of allylic oxidation sites excluding steroid dienone is 1. The molecule has 0 amide bonds.